The van der Waals surface area contributed by atoms with Crippen LogP contribution in [0.3, 0.4) is 0 Å². The van der Waals surface area contributed by atoms with Crippen LogP contribution >= 0.6 is 0 Å². The third kappa shape index (κ3) is 7.77. The van der Waals surface area contributed by atoms with E-state index in [0.29, 0.717) is 18.2 Å². The van der Waals surface area contributed by atoms with Gasteiger partial charge in [0.05, 0.1) is 13.0 Å². The van der Waals surface area contributed by atoms with Crippen LogP contribution in [0.4, 0.5) is 0 Å². The summed E-state index contributed by atoms with van der Waals surface area (Å²) in [6, 6.07) is 0. The van der Waals surface area contributed by atoms with Gasteiger partial charge in [-0.15, -0.1) is 0 Å². The van der Waals surface area contributed by atoms with Crippen molar-refractivity contribution >= 4 is 11.7 Å². The third-order valence-electron chi connectivity index (χ3n) is 1.92. The van der Waals surface area contributed by atoms with Crippen molar-refractivity contribution in [2.75, 3.05) is 6.61 Å². The van der Waals surface area contributed by atoms with Crippen molar-refractivity contribution in [3.63, 3.8) is 0 Å². The molecule has 82 valence electrons. The molecule has 0 spiro atoms. The lowest BCUT2D eigenvalue weighted by molar-refractivity contribution is -0.141. The molecule has 14 heavy (non-hydrogen) atoms. The van der Waals surface area contributed by atoms with E-state index in [2.05, 4.69) is 13.8 Å². The Hall–Kier alpha value is -0.860. The van der Waals surface area contributed by atoms with Gasteiger partial charge in [-0.3, -0.25) is 4.79 Å². The van der Waals surface area contributed by atoms with Gasteiger partial charge in [-0.25, -0.2) is 0 Å². The highest BCUT2D eigenvalue weighted by Crippen LogP contribution is 2.07. The Bertz CT molecular complexity index is 188. The van der Waals surface area contributed by atoms with Gasteiger partial charge in [-0.2, -0.15) is 0 Å². The predicted octanol–water partition coefficient (Wildman–Crippen LogP) is 2.79. The van der Waals surface area contributed by atoms with Gasteiger partial charge in [0.2, 0.25) is 0 Å². The quantitative estimate of drug-likeness (QED) is 0.506. The van der Waals surface area contributed by atoms with Gasteiger partial charge in [0, 0.05) is 5.71 Å². The van der Waals surface area contributed by atoms with Crippen LogP contribution in [-0.4, -0.2) is 18.3 Å². The van der Waals surface area contributed by atoms with E-state index in [9.17, 15) is 4.79 Å². The smallest absolute Gasteiger partial charge is 0.311 e. The second kappa shape index (κ2) is 7.54. The summed E-state index contributed by atoms with van der Waals surface area (Å²) in [5, 5.41) is 7.54. The lowest BCUT2D eigenvalue weighted by Crippen LogP contribution is -2.10. The number of rotatable bonds is 7. The number of carbonyl (C=O) groups excluding carboxylic acids is 1. The molecule has 0 aliphatic carbocycles. The summed E-state index contributed by atoms with van der Waals surface area (Å²) in [5.74, 6) is 0.396. The second-order valence-corrected chi connectivity index (χ2v) is 3.87. The number of carbonyl (C=O) groups is 1. The number of hydrogen-bond donors (Lipinski definition) is 1. The fourth-order valence-electron chi connectivity index (χ4n) is 1.20. The molecule has 0 radical (unpaired) electrons. The number of hydrogen-bond acceptors (Lipinski definition) is 3. The molecule has 0 unspecified atom stereocenters. The molecule has 0 fully saturated rings. The summed E-state index contributed by atoms with van der Waals surface area (Å²) in [4.78, 5) is 11.0. The first kappa shape index (κ1) is 13.1. The zero-order chi connectivity index (χ0) is 11.0. The third-order valence-corrected chi connectivity index (χ3v) is 1.92. The van der Waals surface area contributed by atoms with Crippen LogP contribution in [0.25, 0.3) is 0 Å². The molecule has 0 saturated carbocycles. The van der Waals surface area contributed by atoms with Crippen LogP contribution in [0.5, 0.6) is 0 Å². The SMILES string of the molecule is CCOC(=O)CC(=N)CCCC(C)C. The molecule has 0 heterocycles. The second-order valence-electron chi connectivity index (χ2n) is 3.87. The molecule has 3 nitrogen and oxygen atoms in total. The van der Waals surface area contributed by atoms with Crippen molar-refractivity contribution < 1.29 is 9.53 Å². The first-order chi connectivity index (χ1) is 6.56. The van der Waals surface area contributed by atoms with Crippen LogP contribution in [0, 0.1) is 11.3 Å². The Labute approximate surface area is 86.3 Å². The maximum atomic E-state index is 11.0. The minimum Gasteiger partial charge on any atom is -0.466 e. The summed E-state index contributed by atoms with van der Waals surface area (Å²) in [6.45, 7) is 6.50. The molecule has 3 heteroatoms. The van der Waals surface area contributed by atoms with Gasteiger partial charge < -0.3 is 10.1 Å². The monoisotopic (exact) mass is 199 g/mol. The minimum atomic E-state index is -0.276. The van der Waals surface area contributed by atoms with Gasteiger partial charge in [0.1, 0.15) is 0 Å². The zero-order valence-corrected chi connectivity index (χ0v) is 9.43. The molecule has 0 aromatic carbocycles. The Balaban J connectivity index is 3.50. The van der Waals surface area contributed by atoms with Crippen molar-refractivity contribution in [3.8, 4) is 0 Å². The average Bonchev–Trinajstić information content (AvgIpc) is 2.03. The topological polar surface area (TPSA) is 50.2 Å². The predicted molar refractivity (Wildman–Crippen MR) is 57.7 cm³/mol. The van der Waals surface area contributed by atoms with Crippen LogP contribution in [-0.2, 0) is 9.53 Å². The molecule has 0 aliphatic rings. The minimum absolute atomic E-state index is 0.159. The van der Waals surface area contributed by atoms with E-state index in [1.807, 2.05) is 0 Å². The summed E-state index contributed by atoms with van der Waals surface area (Å²) in [6.07, 6.45) is 2.99. The molecule has 0 aromatic heterocycles. The van der Waals surface area contributed by atoms with E-state index in [4.69, 9.17) is 10.1 Å². The van der Waals surface area contributed by atoms with Crippen molar-refractivity contribution in [1.29, 1.82) is 5.41 Å². The van der Waals surface area contributed by atoms with Crippen LogP contribution in [0.1, 0.15) is 46.5 Å². The molecule has 0 aliphatic heterocycles. The molecule has 1 N–H and O–H groups in total. The van der Waals surface area contributed by atoms with E-state index >= 15 is 0 Å². The maximum absolute atomic E-state index is 11.0. The van der Waals surface area contributed by atoms with E-state index in [1.54, 1.807) is 6.92 Å². The van der Waals surface area contributed by atoms with Crippen molar-refractivity contribution in [1.82, 2.24) is 0 Å². The Morgan fingerprint density at radius 2 is 2.07 bits per heavy atom. The van der Waals surface area contributed by atoms with Crippen LogP contribution in [0.2, 0.25) is 0 Å². The van der Waals surface area contributed by atoms with Gasteiger partial charge in [-0.05, 0) is 25.7 Å². The summed E-state index contributed by atoms with van der Waals surface area (Å²) in [5.41, 5.74) is 0.490. The molecule has 0 bridgehead atoms. The van der Waals surface area contributed by atoms with Gasteiger partial charge in [0.25, 0.3) is 0 Å². The fourth-order valence-corrected chi connectivity index (χ4v) is 1.20. The molecule has 0 aromatic rings. The standard InChI is InChI=1S/C11H21NO2/c1-4-14-11(13)8-10(12)7-5-6-9(2)3/h9,12H,4-8H2,1-3H3. The van der Waals surface area contributed by atoms with Crippen molar-refractivity contribution in [2.45, 2.75) is 46.5 Å². The molecule has 0 atom stereocenters. The van der Waals surface area contributed by atoms with Crippen LogP contribution < -0.4 is 0 Å². The Kier molecular flexibility index (Phi) is 7.07. The van der Waals surface area contributed by atoms with E-state index in [1.165, 1.54) is 0 Å². The lowest BCUT2D eigenvalue weighted by Gasteiger charge is -2.05. The van der Waals surface area contributed by atoms with E-state index in [-0.39, 0.29) is 12.4 Å². The van der Waals surface area contributed by atoms with Crippen molar-refractivity contribution in [2.24, 2.45) is 5.92 Å². The highest BCUT2D eigenvalue weighted by molar-refractivity contribution is 5.97. The first-order valence-corrected chi connectivity index (χ1v) is 5.28. The zero-order valence-electron chi connectivity index (χ0n) is 9.43. The van der Waals surface area contributed by atoms with E-state index in [0.717, 1.165) is 19.3 Å². The van der Waals surface area contributed by atoms with Gasteiger partial charge in [-0.1, -0.05) is 20.3 Å². The molecular weight excluding hydrogens is 178 g/mol. The molecular formula is C11H21NO2. The normalized spacial score (nSPS) is 10.3. The molecule has 0 rings (SSSR count). The fraction of sp³-hybridized carbons (Fsp3) is 0.818. The number of esters is 1. The highest BCUT2D eigenvalue weighted by Gasteiger charge is 2.06. The maximum Gasteiger partial charge on any atom is 0.311 e. The Morgan fingerprint density at radius 1 is 1.43 bits per heavy atom. The number of ether oxygens (including phenoxy) is 1. The Morgan fingerprint density at radius 3 is 2.57 bits per heavy atom. The summed E-state index contributed by atoms with van der Waals surface area (Å²) in [7, 11) is 0. The highest BCUT2D eigenvalue weighted by atomic mass is 16.5. The summed E-state index contributed by atoms with van der Waals surface area (Å²) >= 11 is 0. The lowest BCUT2D eigenvalue weighted by atomic mass is 10.0. The largest absolute Gasteiger partial charge is 0.466 e. The van der Waals surface area contributed by atoms with E-state index < -0.39 is 0 Å². The molecule has 0 amide bonds. The first-order valence-electron chi connectivity index (χ1n) is 5.28. The van der Waals surface area contributed by atoms with Gasteiger partial charge >= 0.3 is 5.97 Å². The van der Waals surface area contributed by atoms with Crippen molar-refractivity contribution in [3.05, 3.63) is 0 Å². The average molecular weight is 199 g/mol. The molecule has 0 saturated heterocycles. The number of nitrogens with one attached hydrogen (secondary N) is 1. The summed E-state index contributed by atoms with van der Waals surface area (Å²) < 4.78 is 4.76. The van der Waals surface area contributed by atoms with Crippen LogP contribution in [0.15, 0.2) is 0 Å². The van der Waals surface area contributed by atoms with Gasteiger partial charge in [0.15, 0.2) is 0 Å².